The lowest BCUT2D eigenvalue weighted by molar-refractivity contribution is -0.689. The predicted octanol–water partition coefficient (Wildman–Crippen LogP) is 3.67. The summed E-state index contributed by atoms with van der Waals surface area (Å²) in [5, 5.41) is 65.2. The number of aromatic nitrogens is 2. The van der Waals surface area contributed by atoms with Crippen LogP contribution in [0.3, 0.4) is 0 Å². The third kappa shape index (κ3) is 14.5. The smallest absolute Gasteiger partial charge is 0.395 e. The SMILES string of the molecule is CC(C(=O)NCCSSCCNC(=O)C[n+]1ccsc1N=Nc1ccc(N(CCO)CCO)cc1)[n+]1ccsc1N=Nc1ccc(N(CCO)CCO)cc1. The van der Waals surface area contributed by atoms with Gasteiger partial charge in [0.15, 0.2) is 12.6 Å². The molecule has 4 rings (SSSR count). The number of azo groups is 2. The molecule has 20 heteroatoms. The molecule has 2 aromatic carbocycles. The summed E-state index contributed by atoms with van der Waals surface area (Å²) in [5.74, 6) is 1.15. The predicted molar refractivity (Wildman–Crippen MR) is 219 cm³/mol. The van der Waals surface area contributed by atoms with Gasteiger partial charge in [0.2, 0.25) is 0 Å². The number of anilines is 2. The van der Waals surface area contributed by atoms with Crippen LogP contribution in [0.4, 0.5) is 33.0 Å². The Hall–Kier alpha value is -4.02. The van der Waals surface area contributed by atoms with Gasteiger partial charge >= 0.3 is 10.3 Å². The molecule has 0 saturated carbocycles. The van der Waals surface area contributed by atoms with Crippen LogP contribution >= 0.6 is 44.3 Å². The van der Waals surface area contributed by atoms with E-state index in [9.17, 15) is 30.0 Å². The minimum Gasteiger partial charge on any atom is -0.395 e. The molecule has 0 saturated heterocycles. The number of carbonyl (C=O) groups excluding carboxylic acids is 2. The summed E-state index contributed by atoms with van der Waals surface area (Å²) < 4.78 is 3.52. The van der Waals surface area contributed by atoms with E-state index in [1.165, 1.54) is 22.7 Å². The Morgan fingerprint density at radius 1 is 0.691 bits per heavy atom. The topological polar surface area (TPSA) is 203 Å². The van der Waals surface area contributed by atoms with Gasteiger partial charge in [-0.25, -0.2) is 9.13 Å². The summed E-state index contributed by atoms with van der Waals surface area (Å²) in [7, 11) is 3.24. The monoisotopic (exact) mass is 832 g/mol. The molecule has 0 fully saturated rings. The van der Waals surface area contributed by atoms with Crippen molar-refractivity contribution < 1.29 is 39.1 Å². The van der Waals surface area contributed by atoms with Crippen molar-refractivity contribution in [2.24, 2.45) is 20.5 Å². The van der Waals surface area contributed by atoms with E-state index in [4.69, 9.17) is 0 Å². The molecule has 0 spiro atoms. The van der Waals surface area contributed by atoms with Gasteiger partial charge in [-0.3, -0.25) is 9.59 Å². The fourth-order valence-corrected chi connectivity index (χ4v) is 8.32. The van der Waals surface area contributed by atoms with Crippen LogP contribution in [0, 0.1) is 0 Å². The lowest BCUT2D eigenvalue weighted by Crippen LogP contribution is -2.46. The highest BCUT2D eigenvalue weighted by Gasteiger charge is 2.24. The van der Waals surface area contributed by atoms with Gasteiger partial charge in [-0.2, -0.15) is 0 Å². The summed E-state index contributed by atoms with van der Waals surface area (Å²) in [6.45, 7) is 4.55. The summed E-state index contributed by atoms with van der Waals surface area (Å²) >= 11 is 2.76. The minimum absolute atomic E-state index is 0.0125. The second-order valence-corrected chi connectivity index (χ2v) is 16.1. The van der Waals surface area contributed by atoms with Crippen LogP contribution in [0.1, 0.15) is 13.0 Å². The third-order valence-electron chi connectivity index (χ3n) is 7.87. The molecule has 296 valence electrons. The Morgan fingerprint density at radius 2 is 1.16 bits per heavy atom. The number of aliphatic hydroxyl groups is 4. The van der Waals surface area contributed by atoms with Crippen molar-refractivity contribution in [1.29, 1.82) is 0 Å². The van der Waals surface area contributed by atoms with Gasteiger partial charge in [-0.15, -0.1) is 0 Å². The summed E-state index contributed by atoms with van der Waals surface area (Å²) in [6.07, 6.45) is 3.60. The Bertz CT molecular complexity index is 1780. The van der Waals surface area contributed by atoms with Crippen LogP contribution in [-0.2, 0) is 16.1 Å². The normalized spacial score (nSPS) is 12.0. The largest absolute Gasteiger partial charge is 0.409 e. The first kappa shape index (κ1) is 43.7. The fraction of sp³-hybridized carbons (Fsp3) is 0.429. The first-order chi connectivity index (χ1) is 26.9. The van der Waals surface area contributed by atoms with Crippen LogP contribution in [0.2, 0.25) is 0 Å². The van der Waals surface area contributed by atoms with E-state index < -0.39 is 6.04 Å². The van der Waals surface area contributed by atoms with E-state index >= 15 is 0 Å². The number of amides is 2. The lowest BCUT2D eigenvalue weighted by atomic mass is 10.2. The van der Waals surface area contributed by atoms with Crippen molar-refractivity contribution in [3.63, 3.8) is 0 Å². The fourth-order valence-electron chi connectivity index (χ4n) is 5.08. The second kappa shape index (κ2) is 24.5. The van der Waals surface area contributed by atoms with Crippen LogP contribution in [0.15, 0.2) is 92.1 Å². The number of carbonyl (C=O) groups is 2. The highest BCUT2D eigenvalue weighted by Crippen LogP contribution is 2.25. The molecule has 0 aliphatic rings. The van der Waals surface area contributed by atoms with Crippen molar-refractivity contribution in [1.82, 2.24) is 10.6 Å². The van der Waals surface area contributed by atoms with Crippen molar-refractivity contribution in [2.45, 2.75) is 19.5 Å². The maximum atomic E-state index is 12.9. The molecule has 2 heterocycles. The van der Waals surface area contributed by atoms with Crippen molar-refractivity contribution in [3.05, 3.63) is 71.7 Å². The van der Waals surface area contributed by atoms with E-state index in [-0.39, 0.29) is 44.8 Å². The standard InChI is InChI=1S/C35H46N10O6S4/c1-27(45-17-25-53-35(45)41-39-29-4-8-31(9-5-29)43(14-20-48)15-21-49)33(51)37-11-23-55-54-22-10-36-32(50)26-44-16-24-52-34(44)40-38-28-2-6-30(7-3-28)42(12-18-46)13-19-47/h2-9,16-17,24-25,27,46-49H,10-15,18-23,26H2,1H3/p+2. The van der Waals surface area contributed by atoms with Gasteiger partial charge in [0, 0.05) is 72.9 Å². The third-order valence-corrected chi connectivity index (χ3v) is 11.8. The maximum Gasteiger partial charge on any atom is 0.409 e. The first-order valence-corrected chi connectivity index (χ1v) is 21.8. The van der Waals surface area contributed by atoms with Gasteiger partial charge in [-0.1, -0.05) is 21.6 Å². The van der Waals surface area contributed by atoms with Crippen molar-refractivity contribution >= 4 is 89.1 Å². The summed E-state index contributed by atoms with van der Waals surface area (Å²) in [6, 6.07) is 14.2. The Kier molecular flexibility index (Phi) is 19.5. The average molecular weight is 833 g/mol. The van der Waals surface area contributed by atoms with Gasteiger partial charge in [-0.05, 0) is 88.4 Å². The van der Waals surface area contributed by atoms with Crippen molar-refractivity contribution in [2.75, 3.05) is 87.0 Å². The molecule has 0 aliphatic heterocycles. The first-order valence-electron chi connectivity index (χ1n) is 17.6. The highest BCUT2D eigenvalue weighted by atomic mass is 33.1. The van der Waals surface area contributed by atoms with Crippen LogP contribution < -0.4 is 29.6 Å². The molecule has 2 amide bonds. The van der Waals surface area contributed by atoms with E-state index in [1.54, 1.807) is 36.9 Å². The van der Waals surface area contributed by atoms with Crippen LogP contribution in [0.5, 0.6) is 0 Å². The summed E-state index contributed by atoms with van der Waals surface area (Å²) in [5.41, 5.74) is 3.01. The Morgan fingerprint density at radius 3 is 1.69 bits per heavy atom. The zero-order valence-electron chi connectivity index (χ0n) is 30.5. The molecular weight excluding hydrogens is 785 g/mol. The quantitative estimate of drug-likeness (QED) is 0.0248. The Balaban J connectivity index is 1.11. The van der Waals surface area contributed by atoms with Gasteiger partial charge in [0.05, 0.1) is 36.7 Å². The average Bonchev–Trinajstić information content (AvgIpc) is 3.86. The molecule has 1 unspecified atom stereocenters. The molecule has 16 nitrogen and oxygen atoms in total. The van der Waals surface area contributed by atoms with Crippen molar-refractivity contribution in [3.8, 4) is 0 Å². The molecule has 55 heavy (non-hydrogen) atoms. The summed E-state index contributed by atoms with van der Waals surface area (Å²) in [4.78, 5) is 29.3. The zero-order valence-corrected chi connectivity index (χ0v) is 33.8. The molecule has 4 aromatic rings. The molecule has 0 aliphatic carbocycles. The van der Waals surface area contributed by atoms with E-state index in [2.05, 4.69) is 31.1 Å². The zero-order chi connectivity index (χ0) is 39.3. The van der Waals surface area contributed by atoms with Gasteiger partial charge < -0.3 is 40.9 Å². The van der Waals surface area contributed by atoms with Gasteiger partial charge in [0.25, 0.3) is 11.8 Å². The number of benzene rings is 2. The molecule has 2 aromatic heterocycles. The maximum absolute atomic E-state index is 12.9. The molecule has 0 radical (unpaired) electrons. The lowest BCUT2D eigenvalue weighted by Gasteiger charge is -2.22. The molecule has 6 N–H and O–H groups in total. The Labute approximate surface area is 336 Å². The number of hydrogen-bond acceptors (Lipinski definition) is 16. The van der Waals surface area contributed by atoms with E-state index in [1.807, 2.05) is 82.2 Å². The number of aliphatic hydroxyl groups excluding tert-OH is 4. The molecule has 1 atom stereocenters. The molecular formula is C35H48N10O6S4+2. The van der Waals surface area contributed by atoms with E-state index in [0.717, 1.165) is 11.4 Å². The number of nitrogens with zero attached hydrogens (tertiary/aromatic N) is 8. The van der Waals surface area contributed by atoms with Crippen LogP contribution in [0.25, 0.3) is 0 Å². The second-order valence-electron chi connectivity index (χ2n) is 11.7. The number of thiazole rings is 2. The van der Waals surface area contributed by atoms with Gasteiger partial charge in [0.1, 0.15) is 23.8 Å². The number of nitrogens with one attached hydrogen (secondary N) is 2. The van der Waals surface area contributed by atoms with E-state index in [0.29, 0.717) is 72.4 Å². The minimum atomic E-state index is -0.484. The molecule has 0 bridgehead atoms. The number of hydrogen-bond donors (Lipinski definition) is 6. The van der Waals surface area contributed by atoms with Crippen LogP contribution in [-0.4, -0.2) is 109 Å². The number of rotatable bonds is 25. The highest BCUT2D eigenvalue weighted by molar-refractivity contribution is 8.76.